The Balaban J connectivity index is 1.68. The Labute approximate surface area is 143 Å². The highest BCUT2D eigenvalue weighted by Crippen LogP contribution is 2.26. The Bertz CT molecular complexity index is 795. The number of halogens is 2. The summed E-state index contributed by atoms with van der Waals surface area (Å²) in [5.74, 6) is 1.01. The first-order valence-electron chi connectivity index (χ1n) is 6.90. The topological polar surface area (TPSA) is 62.7 Å². The van der Waals surface area contributed by atoms with Crippen LogP contribution in [0.4, 0.5) is 17.5 Å². The highest BCUT2D eigenvalue weighted by molar-refractivity contribution is 6.42. The second-order valence-corrected chi connectivity index (χ2v) is 5.57. The van der Waals surface area contributed by atoms with Crippen molar-refractivity contribution in [2.45, 2.75) is 6.54 Å². The molecule has 5 nitrogen and oxygen atoms in total. The quantitative estimate of drug-likeness (QED) is 0.710. The number of hydrogen-bond donors (Lipinski definition) is 2. The molecule has 2 aromatic carbocycles. The van der Waals surface area contributed by atoms with Gasteiger partial charge in [0.2, 0.25) is 5.95 Å². The minimum atomic E-state index is 0.443. The van der Waals surface area contributed by atoms with Crippen LogP contribution in [-0.2, 0) is 6.54 Å². The van der Waals surface area contributed by atoms with Gasteiger partial charge in [-0.2, -0.15) is 10.1 Å². The van der Waals surface area contributed by atoms with E-state index in [0.29, 0.717) is 28.4 Å². The first kappa shape index (κ1) is 15.5. The summed E-state index contributed by atoms with van der Waals surface area (Å²) in [7, 11) is 0. The van der Waals surface area contributed by atoms with E-state index >= 15 is 0 Å². The molecule has 0 fully saturated rings. The molecule has 0 amide bonds. The van der Waals surface area contributed by atoms with Crippen LogP contribution < -0.4 is 10.6 Å². The Kier molecular flexibility index (Phi) is 4.90. The maximum absolute atomic E-state index is 6.00. The fourth-order valence-electron chi connectivity index (χ4n) is 1.94. The molecule has 0 radical (unpaired) electrons. The van der Waals surface area contributed by atoms with Crippen LogP contribution in [0.1, 0.15) is 5.56 Å². The number of rotatable bonds is 5. The van der Waals surface area contributed by atoms with E-state index in [1.807, 2.05) is 36.4 Å². The molecule has 0 aliphatic rings. The van der Waals surface area contributed by atoms with Crippen molar-refractivity contribution in [2.75, 3.05) is 10.6 Å². The largest absolute Gasteiger partial charge is 0.349 e. The lowest BCUT2D eigenvalue weighted by atomic mass is 10.2. The standard InChI is InChI=1S/C16H13Cl2N5/c17-13-7-6-12(8-14(13)18)21-15-10-20-23-16(22-15)19-9-11-4-2-1-3-5-11/h1-8,10H,9H2,(H2,19,21,22,23). The first-order valence-corrected chi connectivity index (χ1v) is 7.66. The Morgan fingerprint density at radius 1 is 0.957 bits per heavy atom. The Morgan fingerprint density at radius 3 is 2.57 bits per heavy atom. The molecule has 0 unspecified atom stereocenters. The molecule has 3 aromatic rings. The second kappa shape index (κ2) is 7.26. The average Bonchev–Trinajstić information content (AvgIpc) is 2.58. The summed E-state index contributed by atoms with van der Waals surface area (Å²) >= 11 is 11.9. The van der Waals surface area contributed by atoms with E-state index < -0.39 is 0 Å². The molecule has 7 heteroatoms. The van der Waals surface area contributed by atoms with Gasteiger partial charge in [-0.25, -0.2) is 0 Å². The summed E-state index contributed by atoms with van der Waals surface area (Å²) in [6.07, 6.45) is 1.54. The number of aromatic nitrogens is 3. The van der Waals surface area contributed by atoms with Crippen LogP contribution in [-0.4, -0.2) is 15.2 Å². The van der Waals surface area contributed by atoms with Crippen LogP contribution in [0.2, 0.25) is 10.0 Å². The number of nitrogens with zero attached hydrogens (tertiary/aromatic N) is 3. The summed E-state index contributed by atoms with van der Waals surface area (Å²) in [5, 5.41) is 15.1. The van der Waals surface area contributed by atoms with Crippen LogP contribution >= 0.6 is 23.2 Å². The average molecular weight is 346 g/mol. The molecule has 0 aliphatic heterocycles. The van der Waals surface area contributed by atoms with Crippen LogP contribution in [0.5, 0.6) is 0 Å². The first-order chi connectivity index (χ1) is 11.2. The van der Waals surface area contributed by atoms with Gasteiger partial charge in [-0.15, -0.1) is 5.10 Å². The van der Waals surface area contributed by atoms with Crippen LogP contribution in [0, 0.1) is 0 Å². The van der Waals surface area contributed by atoms with Crippen LogP contribution in [0.25, 0.3) is 0 Å². The molecule has 1 heterocycles. The van der Waals surface area contributed by atoms with E-state index in [0.717, 1.165) is 11.3 Å². The minimum absolute atomic E-state index is 0.443. The van der Waals surface area contributed by atoms with E-state index in [1.54, 1.807) is 12.1 Å². The molecule has 2 N–H and O–H groups in total. The lowest BCUT2D eigenvalue weighted by Crippen LogP contribution is -2.06. The zero-order valence-electron chi connectivity index (χ0n) is 12.0. The smallest absolute Gasteiger partial charge is 0.244 e. The van der Waals surface area contributed by atoms with E-state index in [1.165, 1.54) is 6.20 Å². The molecule has 3 rings (SSSR count). The van der Waals surface area contributed by atoms with Crippen molar-refractivity contribution in [3.8, 4) is 0 Å². The van der Waals surface area contributed by atoms with Gasteiger partial charge in [0.1, 0.15) is 0 Å². The summed E-state index contributed by atoms with van der Waals surface area (Å²) in [6, 6.07) is 15.3. The monoisotopic (exact) mass is 345 g/mol. The molecule has 0 saturated carbocycles. The number of hydrogen-bond acceptors (Lipinski definition) is 5. The van der Waals surface area contributed by atoms with Gasteiger partial charge in [0, 0.05) is 12.2 Å². The van der Waals surface area contributed by atoms with Crippen molar-refractivity contribution >= 4 is 40.7 Å². The zero-order chi connectivity index (χ0) is 16.1. The summed E-state index contributed by atoms with van der Waals surface area (Å²) in [6.45, 7) is 0.624. The maximum Gasteiger partial charge on any atom is 0.244 e. The van der Waals surface area contributed by atoms with E-state index in [9.17, 15) is 0 Å². The van der Waals surface area contributed by atoms with Gasteiger partial charge in [0.15, 0.2) is 5.82 Å². The van der Waals surface area contributed by atoms with Gasteiger partial charge in [-0.05, 0) is 23.8 Å². The van der Waals surface area contributed by atoms with Crippen molar-refractivity contribution in [3.63, 3.8) is 0 Å². The SMILES string of the molecule is Clc1ccc(Nc2cnnc(NCc3ccccc3)n2)cc1Cl. The summed E-state index contributed by atoms with van der Waals surface area (Å²) in [5.41, 5.74) is 1.91. The van der Waals surface area contributed by atoms with Crippen molar-refractivity contribution in [2.24, 2.45) is 0 Å². The van der Waals surface area contributed by atoms with Crippen molar-refractivity contribution in [1.29, 1.82) is 0 Å². The molecule has 116 valence electrons. The molecular formula is C16H13Cl2N5. The molecule has 0 saturated heterocycles. The van der Waals surface area contributed by atoms with Crippen molar-refractivity contribution in [1.82, 2.24) is 15.2 Å². The van der Waals surface area contributed by atoms with Gasteiger partial charge in [0.25, 0.3) is 0 Å². The van der Waals surface area contributed by atoms with Gasteiger partial charge < -0.3 is 10.6 Å². The van der Waals surface area contributed by atoms with Gasteiger partial charge in [0.05, 0.1) is 16.2 Å². The third-order valence-corrected chi connectivity index (χ3v) is 3.78. The summed E-state index contributed by atoms with van der Waals surface area (Å²) in [4.78, 5) is 4.36. The second-order valence-electron chi connectivity index (χ2n) is 4.76. The van der Waals surface area contributed by atoms with E-state index in [-0.39, 0.29) is 0 Å². The lowest BCUT2D eigenvalue weighted by molar-refractivity contribution is 0.949. The maximum atomic E-state index is 6.00. The highest BCUT2D eigenvalue weighted by Gasteiger charge is 2.03. The van der Waals surface area contributed by atoms with Gasteiger partial charge in [-0.1, -0.05) is 53.5 Å². The molecule has 0 bridgehead atoms. The third kappa shape index (κ3) is 4.31. The van der Waals surface area contributed by atoms with E-state index in [4.69, 9.17) is 23.2 Å². The predicted octanol–water partition coefficient (Wildman–Crippen LogP) is 4.53. The molecule has 0 atom stereocenters. The molecule has 0 aliphatic carbocycles. The van der Waals surface area contributed by atoms with Crippen LogP contribution in [0.15, 0.2) is 54.7 Å². The Hall–Kier alpha value is -2.37. The highest BCUT2D eigenvalue weighted by atomic mass is 35.5. The molecule has 23 heavy (non-hydrogen) atoms. The predicted molar refractivity (Wildman–Crippen MR) is 93.3 cm³/mol. The van der Waals surface area contributed by atoms with Gasteiger partial charge >= 0.3 is 0 Å². The van der Waals surface area contributed by atoms with Crippen molar-refractivity contribution in [3.05, 3.63) is 70.3 Å². The fraction of sp³-hybridized carbons (Fsp3) is 0.0625. The van der Waals surface area contributed by atoms with Crippen LogP contribution in [0.3, 0.4) is 0 Å². The summed E-state index contributed by atoms with van der Waals surface area (Å²) < 4.78 is 0. The third-order valence-electron chi connectivity index (χ3n) is 3.04. The number of nitrogens with one attached hydrogen (secondary N) is 2. The fourth-order valence-corrected chi connectivity index (χ4v) is 2.24. The van der Waals surface area contributed by atoms with E-state index in [2.05, 4.69) is 25.8 Å². The number of benzene rings is 2. The minimum Gasteiger partial charge on any atom is -0.349 e. The lowest BCUT2D eigenvalue weighted by Gasteiger charge is -2.08. The molecule has 1 aromatic heterocycles. The van der Waals surface area contributed by atoms with Gasteiger partial charge in [-0.3, -0.25) is 0 Å². The normalized spacial score (nSPS) is 10.3. The number of anilines is 3. The molecule has 0 spiro atoms. The molecular weight excluding hydrogens is 333 g/mol. The zero-order valence-corrected chi connectivity index (χ0v) is 13.5. The Morgan fingerprint density at radius 2 is 1.78 bits per heavy atom. The van der Waals surface area contributed by atoms with Crippen molar-refractivity contribution < 1.29 is 0 Å².